The van der Waals surface area contributed by atoms with E-state index < -0.39 is 11.6 Å². The molecule has 0 radical (unpaired) electrons. The van der Waals surface area contributed by atoms with Gasteiger partial charge in [0.2, 0.25) is 0 Å². The number of carboxylic acid groups (broad SMARTS) is 1. The Labute approximate surface area is 145 Å². The number of anilines is 1. The predicted octanol–water partition coefficient (Wildman–Crippen LogP) is 4.51. The number of aryl methyl sites for hydroxylation is 1. The number of benzene rings is 1. The van der Waals surface area contributed by atoms with Crippen molar-refractivity contribution in [3.8, 4) is 5.75 Å². The number of nitrogens with zero attached hydrogens (tertiary/aromatic N) is 1. The lowest BCUT2D eigenvalue weighted by Crippen LogP contribution is -2.47. The van der Waals surface area contributed by atoms with Crippen molar-refractivity contribution in [2.24, 2.45) is 0 Å². The Hall–Kier alpha value is -1.91. The van der Waals surface area contributed by atoms with Gasteiger partial charge in [0, 0.05) is 30.4 Å². The van der Waals surface area contributed by atoms with E-state index in [4.69, 9.17) is 4.74 Å². The van der Waals surface area contributed by atoms with E-state index in [0.29, 0.717) is 19.2 Å². The SMILES string of the molecule is Cc1ccc(NCCN(C(=O)O)C(C)(C)C)cc1OC1CCCC1. The molecule has 1 saturated carbocycles. The molecule has 0 aromatic heterocycles. The van der Waals surface area contributed by atoms with Gasteiger partial charge in [-0.1, -0.05) is 6.07 Å². The zero-order valence-electron chi connectivity index (χ0n) is 15.3. The summed E-state index contributed by atoms with van der Waals surface area (Å²) in [5.74, 6) is 0.929. The third kappa shape index (κ3) is 5.05. The molecule has 2 rings (SSSR count). The van der Waals surface area contributed by atoms with Crippen LogP contribution in [0.3, 0.4) is 0 Å². The number of ether oxygens (including phenoxy) is 1. The van der Waals surface area contributed by atoms with Crippen LogP contribution in [-0.2, 0) is 0 Å². The molecule has 0 aliphatic heterocycles. The van der Waals surface area contributed by atoms with Crippen molar-refractivity contribution in [2.75, 3.05) is 18.4 Å². The first-order valence-electron chi connectivity index (χ1n) is 8.79. The molecule has 2 N–H and O–H groups in total. The van der Waals surface area contributed by atoms with Crippen molar-refractivity contribution in [2.45, 2.75) is 65.0 Å². The van der Waals surface area contributed by atoms with Crippen molar-refractivity contribution in [1.82, 2.24) is 4.90 Å². The van der Waals surface area contributed by atoms with E-state index in [1.165, 1.54) is 17.7 Å². The highest BCUT2D eigenvalue weighted by Crippen LogP contribution is 2.28. The van der Waals surface area contributed by atoms with E-state index in [9.17, 15) is 9.90 Å². The largest absolute Gasteiger partial charge is 0.490 e. The van der Waals surface area contributed by atoms with Crippen LogP contribution in [0.2, 0.25) is 0 Å². The first-order chi connectivity index (χ1) is 11.3. The maximum Gasteiger partial charge on any atom is 0.407 e. The van der Waals surface area contributed by atoms with Crippen LogP contribution >= 0.6 is 0 Å². The summed E-state index contributed by atoms with van der Waals surface area (Å²) in [7, 11) is 0. The highest BCUT2D eigenvalue weighted by molar-refractivity contribution is 5.66. The maximum atomic E-state index is 11.4. The first-order valence-corrected chi connectivity index (χ1v) is 8.79. The zero-order valence-corrected chi connectivity index (χ0v) is 15.3. The summed E-state index contributed by atoms with van der Waals surface area (Å²) in [6, 6.07) is 6.08. The van der Waals surface area contributed by atoms with Gasteiger partial charge in [0.1, 0.15) is 5.75 Å². The molecule has 0 atom stereocenters. The fourth-order valence-corrected chi connectivity index (χ4v) is 3.05. The Morgan fingerprint density at radius 3 is 2.58 bits per heavy atom. The monoisotopic (exact) mass is 334 g/mol. The minimum Gasteiger partial charge on any atom is -0.490 e. The molecule has 1 aliphatic carbocycles. The van der Waals surface area contributed by atoms with Gasteiger partial charge in [0.15, 0.2) is 0 Å². The van der Waals surface area contributed by atoms with Gasteiger partial charge < -0.3 is 20.1 Å². The minimum atomic E-state index is -0.890. The van der Waals surface area contributed by atoms with Crippen LogP contribution in [0.25, 0.3) is 0 Å². The number of amides is 1. The lowest BCUT2D eigenvalue weighted by molar-refractivity contribution is 0.103. The number of hydrogen-bond acceptors (Lipinski definition) is 3. The summed E-state index contributed by atoms with van der Waals surface area (Å²) < 4.78 is 6.12. The molecular weight excluding hydrogens is 304 g/mol. The first kappa shape index (κ1) is 18.4. The molecule has 0 spiro atoms. The van der Waals surface area contributed by atoms with Gasteiger partial charge >= 0.3 is 6.09 Å². The highest BCUT2D eigenvalue weighted by atomic mass is 16.5. The van der Waals surface area contributed by atoms with Gasteiger partial charge in [0.05, 0.1) is 6.10 Å². The van der Waals surface area contributed by atoms with E-state index in [2.05, 4.69) is 12.2 Å². The molecule has 0 heterocycles. The van der Waals surface area contributed by atoms with Crippen LogP contribution in [0.1, 0.15) is 52.0 Å². The van der Waals surface area contributed by atoms with Gasteiger partial charge in [-0.15, -0.1) is 0 Å². The van der Waals surface area contributed by atoms with E-state index in [1.54, 1.807) is 0 Å². The number of nitrogens with one attached hydrogen (secondary N) is 1. The predicted molar refractivity (Wildman–Crippen MR) is 97.0 cm³/mol. The molecule has 134 valence electrons. The minimum absolute atomic E-state index is 0.336. The second kappa shape index (κ2) is 7.77. The van der Waals surface area contributed by atoms with Crippen LogP contribution in [0.5, 0.6) is 5.75 Å². The molecule has 1 amide bonds. The van der Waals surface area contributed by atoms with Gasteiger partial charge in [-0.2, -0.15) is 0 Å². The highest BCUT2D eigenvalue weighted by Gasteiger charge is 2.25. The smallest absolute Gasteiger partial charge is 0.407 e. The van der Waals surface area contributed by atoms with Gasteiger partial charge in [-0.25, -0.2) is 4.79 Å². The number of carbonyl (C=O) groups is 1. The third-order valence-corrected chi connectivity index (χ3v) is 4.49. The van der Waals surface area contributed by atoms with Crippen molar-refractivity contribution in [3.05, 3.63) is 23.8 Å². The van der Waals surface area contributed by atoms with Crippen molar-refractivity contribution in [1.29, 1.82) is 0 Å². The van der Waals surface area contributed by atoms with E-state index in [1.807, 2.05) is 39.0 Å². The normalized spacial score (nSPS) is 15.3. The van der Waals surface area contributed by atoms with Crippen molar-refractivity contribution < 1.29 is 14.6 Å². The van der Waals surface area contributed by atoms with Gasteiger partial charge in [-0.3, -0.25) is 0 Å². The lowest BCUT2D eigenvalue weighted by atomic mass is 10.1. The summed E-state index contributed by atoms with van der Waals surface area (Å²) in [6.45, 7) is 8.77. The molecule has 5 nitrogen and oxygen atoms in total. The molecular formula is C19H30N2O3. The Bertz CT molecular complexity index is 560. The van der Waals surface area contributed by atoms with Gasteiger partial charge in [-0.05, 0) is 65.0 Å². The molecule has 1 fully saturated rings. The summed E-state index contributed by atoms with van der Waals surface area (Å²) in [5, 5.41) is 12.6. The number of hydrogen-bond donors (Lipinski definition) is 2. The van der Waals surface area contributed by atoms with Crippen molar-refractivity contribution >= 4 is 11.8 Å². The van der Waals surface area contributed by atoms with E-state index >= 15 is 0 Å². The molecule has 0 saturated heterocycles. The molecule has 1 aromatic rings. The molecule has 0 bridgehead atoms. The second-order valence-electron chi connectivity index (χ2n) is 7.54. The zero-order chi connectivity index (χ0) is 17.7. The molecule has 5 heteroatoms. The van der Waals surface area contributed by atoms with E-state index in [0.717, 1.165) is 29.8 Å². The Balaban J connectivity index is 1.93. The van der Waals surface area contributed by atoms with Gasteiger partial charge in [0.25, 0.3) is 0 Å². The van der Waals surface area contributed by atoms with Crippen LogP contribution < -0.4 is 10.1 Å². The average Bonchev–Trinajstić information content (AvgIpc) is 2.98. The fourth-order valence-electron chi connectivity index (χ4n) is 3.05. The Kier molecular flexibility index (Phi) is 5.97. The maximum absolute atomic E-state index is 11.4. The third-order valence-electron chi connectivity index (χ3n) is 4.49. The average molecular weight is 334 g/mol. The topological polar surface area (TPSA) is 61.8 Å². The van der Waals surface area contributed by atoms with Crippen LogP contribution in [0.15, 0.2) is 18.2 Å². The summed E-state index contributed by atoms with van der Waals surface area (Å²) in [4.78, 5) is 12.8. The van der Waals surface area contributed by atoms with Crippen LogP contribution in [0.4, 0.5) is 10.5 Å². The quantitative estimate of drug-likeness (QED) is 0.803. The summed E-state index contributed by atoms with van der Waals surface area (Å²) >= 11 is 0. The molecule has 1 aliphatic rings. The Morgan fingerprint density at radius 1 is 1.33 bits per heavy atom. The van der Waals surface area contributed by atoms with Crippen LogP contribution in [0, 0.1) is 6.92 Å². The molecule has 1 aromatic carbocycles. The summed E-state index contributed by atoms with van der Waals surface area (Å²) in [5.41, 5.74) is 1.69. The van der Waals surface area contributed by atoms with Crippen LogP contribution in [-0.4, -0.2) is 40.8 Å². The molecule has 0 unspecified atom stereocenters. The molecule has 24 heavy (non-hydrogen) atoms. The fraction of sp³-hybridized carbons (Fsp3) is 0.632. The van der Waals surface area contributed by atoms with Crippen molar-refractivity contribution in [3.63, 3.8) is 0 Å². The second-order valence-corrected chi connectivity index (χ2v) is 7.54. The number of rotatable bonds is 6. The lowest BCUT2D eigenvalue weighted by Gasteiger charge is -2.33. The standard InChI is InChI=1S/C19H30N2O3/c1-14-9-10-15(13-17(14)24-16-7-5-6-8-16)20-11-12-21(18(22)23)19(2,3)4/h9-10,13,16,20H,5-8,11-12H2,1-4H3,(H,22,23). The van der Waals surface area contributed by atoms with E-state index in [-0.39, 0.29) is 0 Å². The Morgan fingerprint density at radius 2 is 2.00 bits per heavy atom. The summed E-state index contributed by atoms with van der Waals surface area (Å²) in [6.07, 6.45) is 4.21.